The van der Waals surface area contributed by atoms with Crippen molar-refractivity contribution >= 4 is 5.91 Å². The standard InChI is InChI=1S/C19H19N3O/c1-15-7-5-6-10-18(15)19(23)20-11-12-22-14-17(13-21-22)16-8-3-2-4-9-16/h2-10,13-14H,11-12H2,1H3,(H,20,23). The van der Waals surface area contributed by atoms with Crippen molar-refractivity contribution in [1.29, 1.82) is 0 Å². The number of hydrogen-bond acceptors (Lipinski definition) is 2. The van der Waals surface area contributed by atoms with Crippen LogP contribution in [0.3, 0.4) is 0 Å². The van der Waals surface area contributed by atoms with Crippen molar-refractivity contribution in [3.05, 3.63) is 78.1 Å². The first-order valence-corrected chi connectivity index (χ1v) is 7.66. The van der Waals surface area contributed by atoms with Gasteiger partial charge in [0.05, 0.1) is 12.7 Å². The van der Waals surface area contributed by atoms with Crippen molar-refractivity contribution in [3.8, 4) is 11.1 Å². The zero-order valence-electron chi connectivity index (χ0n) is 13.1. The minimum absolute atomic E-state index is 0.0430. The third-order valence-electron chi connectivity index (χ3n) is 3.76. The Morgan fingerprint density at radius 3 is 2.57 bits per heavy atom. The number of aryl methyl sites for hydroxylation is 1. The summed E-state index contributed by atoms with van der Waals surface area (Å²) < 4.78 is 1.85. The molecule has 1 amide bonds. The third kappa shape index (κ3) is 3.66. The van der Waals surface area contributed by atoms with Crippen molar-refractivity contribution in [3.63, 3.8) is 0 Å². The molecular formula is C19H19N3O. The number of carbonyl (C=O) groups is 1. The fourth-order valence-corrected chi connectivity index (χ4v) is 2.47. The van der Waals surface area contributed by atoms with E-state index in [0.29, 0.717) is 13.1 Å². The molecule has 1 N–H and O–H groups in total. The second kappa shape index (κ2) is 6.92. The van der Waals surface area contributed by atoms with Gasteiger partial charge in [0, 0.05) is 23.9 Å². The molecule has 0 aliphatic carbocycles. The monoisotopic (exact) mass is 305 g/mol. The number of hydrogen-bond donors (Lipinski definition) is 1. The quantitative estimate of drug-likeness (QED) is 0.786. The predicted octanol–water partition coefficient (Wildman–Crippen LogP) is 3.29. The molecule has 23 heavy (non-hydrogen) atoms. The first kappa shape index (κ1) is 15.0. The lowest BCUT2D eigenvalue weighted by atomic mass is 10.1. The van der Waals surface area contributed by atoms with Gasteiger partial charge in [-0.2, -0.15) is 5.10 Å². The lowest BCUT2D eigenvalue weighted by molar-refractivity contribution is 0.0951. The fourth-order valence-electron chi connectivity index (χ4n) is 2.47. The highest BCUT2D eigenvalue weighted by molar-refractivity contribution is 5.95. The zero-order chi connectivity index (χ0) is 16.1. The van der Waals surface area contributed by atoms with Gasteiger partial charge in [-0.05, 0) is 24.1 Å². The maximum absolute atomic E-state index is 12.1. The normalized spacial score (nSPS) is 10.5. The van der Waals surface area contributed by atoms with E-state index in [-0.39, 0.29) is 5.91 Å². The summed E-state index contributed by atoms with van der Waals surface area (Å²) in [6.45, 7) is 3.13. The van der Waals surface area contributed by atoms with E-state index < -0.39 is 0 Å². The van der Waals surface area contributed by atoms with Crippen molar-refractivity contribution < 1.29 is 4.79 Å². The molecule has 0 saturated carbocycles. The molecule has 3 rings (SSSR count). The number of amides is 1. The van der Waals surface area contributed by atoms with E-state index in [1.54, 1.807) is 0 Å². The van der Waals surface area contributed by atoms with Gasteiger partial charge in [-0.1, -0.05) is 48.5 Å². The second-order valence-corrected chi connectivity index (χ2v) is 5.43. The van der Waals surface area contributed by atoms with Gasteiger partial charge < -0.3 is 5.32 Å². The molecule has 0 aliphatic rings. The third-order valence-corrected chi connectivity index (χ3v) is 3.76. The lowest BCUT2D eigenvalue weighted by Gasteiger charge is -2.07. The average Bonchev–Trinajstić information content (AvgIpc) is 3.05. The Morgan fingerprint density at radius 2 is 1.78 bits per heavy atom. The van der Waals surface area contributed by atoms with Crippen LogP contribution in [0, 0.1) is 6.92 Å². The Hall–Kier alpha value is -2.88. The molecule has 2 aromatic carbocycles. The highest BCUT2D eigenvalue weighted by Crippen LogP contribution is 2.17. The van der Waals surface area contributed by atoms with Crippen LogP contribution in [-0.4, -0.2) is 22.2 Å². The Bertz CT molecular complexity index is 793. The van der Waals surface area contributed by atoms with Crippen LogP contribution in [0.25, 0.3) is 11.1 Å². The highest BCUT2D eigenvalue weighted by Gasteiger charge is 2.07. The van der Waals surface area contributed by atoms with Gasteiger partial charge in [0.1, 0.15) is 0 Å². The minimum Gasteiger partial charge on any atom is -0.350 e. The molecule has 1 aromatic heterocycles. The number of aromatic nitrogens is 2. The minimum atomic E-state index is -0.0430. The maximum atomic E-state index is 12.1. The van der Waals surface area contributed by atoms with Crippen molar-refractivity contribution in [2.24, 2.45) is 0 Å². The molecule has 0 saturated heterocycles. The summed E-state index contributed by atoms with van der Waals surface area (Å²) in [4.78, 5) is 12.1. The van der Waals surface area contributed by atoms with Crippen LogP contribution in [-0.2, 0) is 6.54 Å². The molecule has 4 heteroatoms. The van der Waals surface area contributed by atoms with Gasteiger partial charge >= 0.3 is 0 Å². The van der Waals surface area contributed by atoms with Gasteiger partial charge in [0.2, 0.25) is 0 Å². The van der Waals surface area contributed by atoms with E-state index in [2.05, 4.69) is 22.5 Å². The SMILES string of the molecule is Cc1ccccc1C(=O)NCCn1cc(-c2ccccc2)cn1. The summed E-state index contributed by atoms with van der Waals surface area (Å²) in [6, 6.07) is 17.7. The Labute approximate surface area is 135 Å². The summed E-state index contributed by atoms with van der Waals surface area (Å²) in [5.41, 5.74) is 3.92. The van der Waals surface area contributed by atoms with Gasteiger partial charge in [0.25, 0.3) is 5.91 Å². The molecule has 3 aromatic rings. The molecule has 4 nitrogen and oxygen atoms in total. The van der Waals surface area contributed by atoms with E-state index in [1.807, 2.05) is 66.5 Å². The summed E-state index contributed by atoms with van der Waals surface area (Å²) in [6.07, 6.45) is 3.84. The molecule has 0 fully saturated rings. The zero-order valence-corrected chi connectivity index (χ0v) is 13.1. The Morgan fingerprint density at radius 1 is 1.04 bits per heavy atom. The molecule has 116 valence electrons. The molecule has 0 radical (unpaired) electrons. The second-order valence-electron chi connectivity index (χ2n) is 5.43. The summed E-state index contributed by atoms with van der Waals surface area (Å²) >= 11 is 0. The molecular weight excluding hydrogens is 286 g/mol. The average molecular weight is 305 g/mol. The van der Waals surface area contributed by atoms with Crippen LogP contribution in [0.2, 0.25) is 0 Å². The lowest BCUT2D eigenvalue weighted by Crippen LogP contribution is -2.27. The van der Waals surface area contributed by atoms with Gasteiger partial charge in [-0.15, -0.1) is 0 Å². The van der Waals surface area contributed by atoms with E-state index in [4.69, 9.17) is 0 Å². The van der Waals surface area contributed by atoms with Crippen LogP contribution in [0.1, 0.15) is 15.9 Å². The summed E-state index contributed by atoms with van der Waals surface area (Å²) in [5.74, 6) is -0.0430. The topological polar surface area (TPSA) is 46.9 Å². The fraction of sp³-hybridized carbons (Fsp3) is 0.158. The van der Waals surface area contributed by atoms with E-state index in [9.17, 15) is 4.79 Å². The number of nitrogens with one attached hydrogen (secondary N) is 1. The van der Waals surface area contributed by atoms with Crippen molar-refractivity contribution in [2.45, 2.75) is 13.5 Å². The van der Waals surface area contributed by atoms with Crippen LogP contribution in [0.15, 0.2) is 67.0 Å². The van der Waals surface area contributed by atoms with Gasteiger partial charge in [-0.3, -0.25) is 9.48 Å². The molecule has 0 atom stereocenters. The highest BCUT2D eigenvalue weighted by atomic mass is 16.1. The molecule has 0 bridgehead atoms. The van der Waals surface area contributed by atoms with Crippen LogP contribution in [0.4, 0.5) is 0 Å². The molecule has 0 spiro atoms. The first-order valence-electron chi connectivity index (χ1n) is 7.66. The van der Waals surface area contributed by atoms with Crippen LogP contribution in [0.5, 0.6) is 0 Å². The molecule has 0 aliphatic heterocycles. The number of nitrogens with zero attached hydrogens (tertiary/aromatic N) is 2. The van der Waals surface area contributed by atoms with Gasteiger partial charge in [-0.25, -0.2) is 0 Å². The Balaban J connectivity index is 1.56. The largest absolute Gasteiger partial charge is 0.350 e. The van der Waals surface area contributed by atoms with Crippen LogP contribution < -0.4 is 5.32 Å². The van der Waals surface area contributed by atoms with Gasteiger partial charge in [0.15, 0.2) is 0 Å². The van der Waals surface area contributed by atoms with E-state index in [1.165, 1.54) is 0 Å². The maximum Gasteiger partial charge on any atom is 0.251 e. The number of benzene rings is 2. The van der Waals surface area contributed by atoms with E-state index in [0.717, 1.165) is 22.3 Å². The summed E-state index contributed by atoms with van der Waals surface area (Å²) in [7, 11) is 0. The molecule has 1 heterocycles. The van der Waals surface area contributed by atoms with Crippen molar-refractivity contribution in [2.75, 3.05) is 6.54 Å². The number of rotatable bonds is 5. The molecule has 0 unspecified atom stereocenters. The van der Waals surface area contributed by atoms with Crippen molar-refractivity contribution in [1.82, 2.24) is 15.1 Å². The van der Waals surface area contributed by atoms with E-state index >= 15 is 0 Å². The summed E-state index contributed by atoms with van der Waals surface area (Å²) in [5, 5.41) is 7.28. The Kier molecular flexibility index (Phi) is 4.52. The smallest absolute Gasteiger partial charge is 0.251 e. The first-order chi connectivity index (χ1) is 11.2. The predicted molar refractivity (Wildman–Crippen MR) is 91.2 cm³/mol. The van der Waals surface area contributed by atoms with Crippen LogP contribution >= 0.6 is 0 Å². The number of carbonyl (C=O) groups excluding carboxylic acids is 1.